The Balaban J connectivity index is 4.43. The van der Waals surface area contributed by atoms with Crippen LogP contribution in [0.5, 0.6) is 0 Å². The fourth-order valence-corrected chi connectivity index (χ4v) is 0.795. The van der Waals surface area contributed by atoms with Crippen molar-refractivity contribution >= 4 is 10.1 Å². The highest BCUT2D eigenvalue weighted by molar-refractivity contribution is 7.87. The molecule has 0 heterocycles. The van der Waals surface area contributed by atoms with Crippen molar-refractivity contribution in [2.45, 2.75) is 24.5 Å². The molecule has 0 saturated heterocycles. The van der Waals surface area contributed by atoms with Crippen LogP contribution in [-0.4, -0.2) is 32.6 Å². The minimum absolute atomic E-state index is 0.0846. The lowest BCUT2D eigenvalue weighted by Gasteiger charge is -2.16. The second kappa shape index (κ2) is 4.16. The fourth-order valence-electron chi connectivity index (χ4n) is 0.362. The number of halogens is 6. The normalized spacial score (nSPS) is 16.5. The largest absolute Gasteiger partial charge is 0.523 e. The summed E-state index contributed by atoms with van der Waals surface area (Å²) in [4.78, 5) is 0. The zero-order chi connectivity index (χ0) is 12.5. The molecule has 0 saturated carbocycles. The van der Waals surface area contributed by atoms with Crippen LogP contribution in [0.15, 0.2) is 0 Å². The van der Waals surface area contributed by atoms with Crippen LogP contribution in [0.4, 0.5) is 26.3 Å². The predicted molar refractivity (Wildman–Crippen MR) is 36.4 cm³/mol. The highest BCUT2D eigenvalue weighted by Crippen LogP contribution is 2.27. The van der Waals surface area contributed by atoms with E-state index in [0.29, 0.717) is 0 Å². The SMILES string of the molecule is CC(F)(F)C(F)COS(=O)(=O)C(F)(F)F. The van der Waals surface area contributed by atoms with Gasteiger partial charge in [-0.2, -0.15) is 21.6 Å². The standard InChI is InChI=1S/C5H6F6O3S/c1-4(7,8)3(6)2-14-15(12,13)5(9,10)11/h3H,2H2,1H3. The minimum atomic E-state index is -6.03. The third-order valence-electron chi connectivity index (χ3n) is 1.20. The van der Waals surface area contributed by atoms with E-state index >= 15 is 0 Å². The Hall–Kier alpha value is -0.510. The summed E-state index contributed by atoms with van der Waals surface area (Å²) in [6.45, 7) is -1.80. The Morgan fingerprint density at radius 2 is 1.60 bits per heavy atom. The Bertz CT molecular complexity index is 302. The molecule has 0 aliphatic heterocycles. The van der Waals surface area contributed by atoms with Crippen molar-refractivity contribution in [3.8, 4) is 0 Å². The van der Waals surface area contributed by atoms with Crippen LogP contribution in [0, 0.1) is 0 Å². The maximum atomic E-state index is 12.3. The molecule has 0 aromatic rings. The average molecular weight is 260 g/mol. The fraction of sp³-hybridized carbons (Fsp3) is 1.00. The quantitative estimate of drug-likeness (QED) is 0.440. The average Bonchev–Trinajstić information content (AvgIpc) is 1.96. The smallest absolute Gasteiger partial charge is 0.260 e. The molecule has 0 aromatic carbocycles. The van der Waals surface area contributed by atoms with Gasteiger partial charge in [-0.15, -0.1) is 0 Å². The van der Waals surface area contributed by atoms with Gasteiger partial charge in [0, 0.05) is 6.92 Å². The zero-order valence-corrected chi connectivity index (χ0v) is 8.00. The van der Waals surface area contributed by atoms with Crippen LogP contribution in [-0.2, 0) is 14.3 Å². The molecule has 0 radical (unpaired) electrons. The van der Waals surface area contributed by atoms with Crippen molar-refractivity contribution < 1.29 is 38.9 Å². The van der Waals surface area contributed by atoms with E-state index < -0.39 is 34.3 Å². The van der Waals surface area contributed by atoms with Crippen LogP contribution in [0.2, 0.25) is 0 Å². The monoisotopic (exact) mass is 260 g/mol. The van der Waals surface area contributed by atoms with Crippen LogP contribution in [0.1, 0.15) is 6.92 Å². The van der Waals surface area contributed by atoms with Crippen LogP contribution >= 0.6 is 0 Å². The molecule has 10 heteroatoms. The second-order valence-corrected chi connectivity index (χ2v) is 4.22. The molecule has 0 fully saturated rings. The first-order chi connectivity index (χ1) is 6.38. The van der Waals surface area contributed by atoms with Crippen molar-refractivity contribution in [3.05, 3.63) is 0 Å². The molecule has 0 aromatic heterocycles. The van der Waals surface area contributed by atoms with E-state index in [1.165, 1.54) is 0 Å². The molecule has 92 valence electrons. The molecule has 0 aliphatic carbocycles. The van der Waals surface area contributed by atoms with Crippen LogP contribution in [0.25, 0.3) is 0 Å². The van der Waals surface area contributed by atoms with Crippen LogP contribution < -0.4 is 0 Å². The molecule has 0 spiro atoms. The maximum absolute atomic E-state index is 12.3. The Labute approximate surface area is 81.1 Å². The molecule has 3 nitrogen and oxygen atoms in total. The summed E-state index contributed by atoms with van der Waals surface area (Å²) in [7, 11) is -6.03. The molecule has 0 amide bonds. The third-order valence-corrected chi connectivity index (χ3v) is 2.22. The van der Waals surface area contributed by atoms with Gasteiger partial charge in [0.1, 0.15) is 6.61 Å². The molecule has 0 aliphatic rings. The van der Waals surface area contributed by atoms with Gasteiger partial charge in [0.15, 0.2) is 6.17 Å². The van der Waals surface area contributed by atoms with E-state index in [2.05, 4.69) is 4.18 Å². The van der Waals surface area contributed by atoms with E-state index in [1.807, 2.05) is 0 Å². The molecule has 1 unspecified atom stereocenters. The van der Waals surface area contributed by atoms with Crippen molar-refractivity contribution in [2.24, 2.45) is 0 Å². The van der Waals surface area contributed by atoms with Gasteiger partial charge in [0.2, 0.25) is 0 Å². The van der Waals surface area contributed by atoms with E-state index in [-0.39, 0.29) is 6.92 Å². The summed E-state index contributed by atoms with van der Waals surface area (Å²) >= 11 is 0. The summed E-state index contributed by atoms with van der Waals surface area (Å²) in [5.74, 6) is -3.97. The molecule has 1 atom stereocenters. The molecular weight excluding hydrogens is 254 g/mol. The number of hydrogen-bond acceptors (Lipinski definition) is 3. The minimum Gasteiger partial charge on any atom is -0.260 e. The Kier molecular flexibility index (Phi) is 4.02. The predicted octanol–water partition coefficient (Wildman–Crippen LogP) is 1.85. The van der Waals surface area contributed by atoms with Gasteiger partial charge in [-0.1, -0.05) is 0 Å². The second-order valence-electron chi connectivity index (χ2n) is 2.61. The lowest BCUT2D eigenvalue weighted by molar-refractivity contribution is -0.0800. The summed E-state index contributed by atoms with van der Waals surface area (Å²) in [5, 5.41) is 0. The van der Waals surface area contributed by atoms with E-state index in [4.69, 9.17) is 0 Å². The third kappa shape index (κ3) is 4.24. The number of rotatable bonds is 4. The summed E-state index contributed by atoms with van der Waals surface area (Å²) in [6, 6.07) is 0. The summed E-state index contributed by atoms with van der Waals surface area (Å²) in [5.41, 5.74) is -5.75. The van der Waals surface area contributed by atoms with Crippen molar-refractivity contribution in [3.63, 3.8) is 0 Å². The van der Waals surface area contributed by atoms with Gasteiger partial charge in [-0.3, -0.25) is 4.18 Å². The first kappa shape index (κ1) is 14.5. The molecule has 0 bridgehead atoms. The highest BCUT2D eigenvalue weighted by atomic mass is 32.2. The topological polar surface area (TPSA) is 43.4 Å². The maximum Gasteiger partial charge on any atom is 0.523 e. The van der Waals surface area contributed by atoms with Gasteiger partial charge in [0.05, 0.1) is 0 Å². The van der Waals surface area contributed by atoms with Gasteiger partial charge in [-0.25, -0.2) is 13.2 Å². The van der Waals surface area contributed by atoms with Crippen molar-refractivity contribution in [1.29, 1.82) is 0 Å². The van der Waals surface area contributed by atoms with E-state index in [9.17, 15) is 34.8 Å². The lowest BCUT2D eigenvalue weighted by atomic mass is 10.2. The van der Waals surface area contributed by atoms with Crippen molar-refractivity contribution in [1.82, 2.24) is 0 Å². The molecule has 15 heavy (non-hydrogen) atoms. The molecule has 0 rings (SSSR count). The summed E-state index contributed by atoms with van der Waals surface area (Å²) in [6.07, 6.45) is -3.13. The van der Waals surface area contributed by atoms with Crippen molar-refractivity contribution in [2.75, 3.05) is 6.61 Å². The first-order valence-electron chi connectivity index (χ1n) is 3.35. The van der Waals surface area contributed by atoms with E-state index in [0.717, 1.165) is 0 Å². The van der Waals surface area contributed by atoms with E-state index in [1.54, 1.807) is 0 Å². The highest BCUT2D eigenvalue weighted by Gasteiger charge is 2.48. The lowest BCUT2D eigenvalue weighted by Crippen LogP contribution is -2.34. The zero-order valence-electron chi connectivity index (χ0n) is 7.19. The van der Waals surface area contributed by atoms with Gasteiger partial charge in [-0.05, 0) is 0 Å². The van der Waals surface area contributed by atoms with Gasteiger partial charge >= 0.3 is 15.6 Å². The Morgan fingerprint density at radius 1 is 1.20 bits per heavy atom. The molecular formula is C5H6F6O3S. The van der Waals surface area contributed by atoms with Gasteiger partial charge < -0.3 is 0 Å². The number of hydrogen-bond donors (Lipinski definition) is 0. The number of alkyl halides is 6. The molecule has 0 N–H and O–H groups in total. The summed E-state index contributed by atoms with van der Waals surface area (Å²) < 4.78 is 94.4. The Morgan fingerprint density at radius 3 is 1.87 bits per heavy atom. The van der Waals surface area contributed by atoms with Crippen LogP contribution in [0.3, 0.4) is 0 Å². The van der Waals surface area contributed by atoms with Gasteiger partial charge in [0.25, 0.3) is 5.92 Å². The first-order valence-corrected chi connectivity index (χ1v) is 4.76.